The van der Waals surface area contributed by atoms with Gasteiger partial charge in [-0.25, -0.2) is 0 Å². The van der Waals surface area contributed by atoms with Gasteiger partial charge in [0.2, 0.25) is 0 Å². The lowest BCUT2D eigenvalue weighted by atomic mass is 9.91. The van der Waals surface area contributed by atoms with Gasteiger partial charge in [0, 0.05) is 6.42 Å². The standard InChI is InChI=1S/C15H18O3/c1-10(2)9-11-3-5-12(6-4-11)13-7-8-14(16)18-15(13)17/h3-6,10,13H,7-9H2,1-2H3/t13-/m0/s1. The Morgan fingerprint density at radius 1 is 1.22 bits per heavy atom. The van der Waals surface area contributed by atoms with Crippen LogP contribution in [0, 0.1) is 5.92 Å². The Kier molecular flexibility index (Phi) is 3.80. The zero-order chi connectivity index (χ0) is 13.1. The molecule has 0 radical (unpaired) electrons. The number of ether oxygens (including phenoxy) is 1. The number of hydrogen-bond donors (Lipinski definition) is 0. The first kappa shape index (κ1) is 12.8. The van der Waals surface area contributed by atoms with Crippen LogP contribution in [0.25, 0.3) is 0 Å². The molecular weight excluding hydrogens is 228 g/mol. The third kappa shape index (κ3) is 2.97. The average molecular weight is 246 g/mol. The van der Waals surface area contributed by atoms with Crippen molar-refractivity contribution < 1.29 is 14.3 Å². The Morgan fingerprint density at radius 2 is 1.89 bits per heavy atom. The van der Waals surface area contributed by atoms with E-state index in [4.69, 9.17) is 0 Å². The molecule has 1 aromatic carbocycles. The maximum atomic E-state index is 11.6. The van der Waals surface area contributed by atoms with Crippen LogP contribution in [0.2, 0.25) is 0 Å². The molecule has 1 atom stereocenters. The van der Waals surface area contributed by atoms with Crippen molar-refractivity contribution in [2.45, 2.75) is 39.0 Å². The SMILES string of the molecule is CC(C)Cc1ccc([C@@H]2CCC(=O)OC2=O)cc1. The molecule has 0 bridgehead atoms. The summed E-state index contributed by atoms with van der Waals surface area (Å²) in [4.78, 5) is 22.6. The Labute approximate surface area is 107 Å². The molecule has 0 amide bonds. The summed E-state index contributed by atoms with van der Waals surface area (Å²) in [5.41, 5.74) is 2.22. The lowest BCUT2D eigenvalue weighted by Gasteiger charge is -2.20. The highest BCUT2D eigenvalue weighted by Crippen LogP contribution is 2.27. The monoisotopic (exact) mass is 246 g/mol. The zero-order valence-electron chi connectivity index (χ0n) is 10.8. The largest absolute Gasteiger partial charge is 0.393 e. The molecule has 18 heavy (non-hydrogen) atoms. The summed E-state index contributed by atoms with van der Waals surface area (Å²) in [7, 11) is 0. The fourth-order valence-electron chi connectivity index (χ4n) is 2.27. The van der Waals surface area contributed by atoms with Crippen LogP contribution in [0.1, 0.15) is 43.7 Å². The van der Waals surface area contributed by atoms with Crippen molar-refractivity contribution >= 4 is 11.9 Å². The Morgan fingerprint density at radius 3 is 2.44 bits per heavy atom. The molecule has 96 valence electrons. The quantitative estimate of drug-likeness (QED) is 0.608. The summed E-state index contributed by atoms with van der Waals surface area (Å²) < 4.78 is 4.67. The molecule has 1 fully saturated rings. The molecule has 1 saturated heterocycles. The van der Waals surface area contributed by atoms with E-state index in [1.165, 1.54) is 5.56 Å². The Bertz CT molecular complexity index is 445. The van der Waals surface area contributed by atoms with E-state index in [0.717, 1.165) is 12.0 Å². The summed E-state index contributed by atoms with van der Waals surface area (Å²) in [5.74, 6) is -0.487. The molecule has 0 saturated carbocycles. The van der Waals surface area contributed by atoms with Gasteiger partial charge in [-0.3, -0.25) is 9.59 Å². The van der Waals surface area contributed by atoms with Crippen LogP contribution in [0.15, 0.2) is 24.3 Å². The van der Waals surface area contributed by atoms with Gasteiger partial charge in [-0.05, 0) is 29.9 Å². The summed E-state index contributed by atoms with van der Waals surface area (Å²) in [6, 6.07) is 8.05. The third-order valence-electron chi connectivity index (χ3n) is 3.16. The fraction of sp³-hybridized carbons (Fsp3) is 0.467. The molecule has 1 aliphatic heterocycles. The predicted octanol–water partition coefficient (Wildman–Crippen LogP) is 2.83. The maximum Gasteiger partial charge on any atom is 0.321 e. The van der Waals surface area contributed by atoms with Gasteiger partial charge in [0.15, 0.2) is 0 Å². The molecule has 3 nitrogen and oxygen atoms in total. The van der Waals surface area contributed by atoms with Gasteiger partial charge in [0.1, 0.15) is 0 Å². The summed E-state index contributed by atoms with van der Waals surface area (Å²) >= 11 is 0. The third-order valence-corrected chi connectivity index (χ3v) is 3.16. The normalized spacial score (nSPS) is 20.1. The van der Waals surface area contributed by atoms with Gasteiger partial charge in [-0.15, -0.1) is 0 Å². The first-order valence-electron chi connectivity index (χ1n) is 6.39. The first-order chi connectivity index (χ1) is 8.56. The average Bonchev–Trinajstić information content (AvgIpc) is 2.30. The number of cyclic esters (lactones) is 2. The van der Waals surface area contributed by atoms with Crippen LogP contribution in [0.3, 0.4) is 0 Å². The fourth-order valence-corrected chi connectivity index (χ4v) is 2.27. The summed E-state index contributed by atoms with van der Waals surface area (Å²) in [5, 5.41) is 0. The molecule has 1 aromatic rings. The maximum absolute atomic E-state index is 11.6. The van der Waals surface area contributed by atoms with Gasteiger partial charge in [-0.2, -0.15) is 0 Å². The molecular formula is C15H18O3. The second-order valence-corrected chi connectivity index (χ2v) is 5.22. The van der Waals surface area contributed by atoms with Crippen molar-refractivity contribution in [2.75, 3.05) is 0 Å². The minimum atomic E-state index is -0.414. The van der Waals surface area contributed by atoms with Crippen LogP contribution in [-0.2, 0) is 20.7 Å². The van der Waals surface area contributed by atoms with E-state index in [-0.39, 0.29) is 5.92 Å². The predicted molar refractivity (Wildman–Crippen MR) is 68.1 cm³/mol. The second kappa shape index (κ2) is 5.34. The van der Waals surface area contributed by atoms with Crippen molar-refractivity contribution in [3.63, 3.8) is 0 Å². The zero-order valence-corrected chi connectivity index (χ0v) is 10.8. The van der Waals surface area contributed by atoms with E-state index in [1.807, 2.05) is 12.1 Å². The van der Waals surface area contributed by atoms with Gasteiger partial charge >= 0.3 is 11.9 Å². The minimum Gasteiger partial charge on any atom is -0.393 e. The smallest absolute Gasteiger partial charge is 0.321 e. The molecule has 0 aromatic heterocycles. The molecule has 0 spiro atoms. The molecule has 0 unspecified atom stereocenters. The lowest BCUT2D eigenvalue weighted by molar-refractivity contribution is -0.164. The summed E-state index contributed by atoms with van der Waals surface area (Å²) in [6.07, 6.45) is 1.92. The number of esters is 2. The van der Waals surface area contributed by atoms with Crippen molar-refractivity contribution in [1.29, 1.82) is 0 Å². The molecule has 1 heterocycles. The van der Waals surface area contributed by atoms with E-state index >= 15 is 0 Å². The molecule has 0 aliphatic carbocycles. The van der Waals surface area contributed by atoms with Crippen LogP contribution in [0.4, 0.5) is 0 Å². The van der Waals surface area contributed by atoms with E-state index in [0.29, 0.717) is 18.8 Å². The molecule has 3 heteroatoms. The van der Waals surface area contributed by atoms with Crippen LogP contribution >= 0.6 is 0 Å². The number of hydrogen-bond acceptors (Lipinski definition) is 3. The van der Waals surface area contributed by atoms with E-state index < -0.39 is 11.9 Å². The number of rotatable bonds is 3. The van der Waals surface area contributed by atoms with Gasteiger partial charge in [0.05, 0.1) is 5.92 Å². The van der Waals surface area contributed by atoms with Crippen LogP contribution in [0.5, 0.6) is 0 Å². The topological polar surface area (TPSA) is 43.4 Å². The highest BCUT2D eigenvalue weighted by Gasteiger charge is 2.30. The van der Waals surface area contributed by atoms with Gasteiger partial charge in [-0.1, -0.05) is 38.1 Å². The van der Waals surface area contributed by atoms with Crippen molar-refractivity contribution in [3.05, 3.63) is 35.4 Å². The highest BCUT2D eigenvalue weighted by atomic mass is 16.6. The van der Waals surface area contributed by atoms with E-state index in [1.54, 1.807) is 0 Å². The lowest BCUT2D eigenvalue weighted by Crippen LogP contribution is -2.26. The van der Waals surface area contributed by atoms with Crippen molar-refractivity contribution in [3.8, 4) is 0 Å². The van der Waals surface area contributed by atoms with E-state index in [9.17, 15) is 9.59 Å². The second-order valence-electron chi connectivity index (χ2n) is 5.22. The number of carbonyl (C=O) groups excluding carboxylic acids is 2. The van der Waals surface area contributed by atoms with Crippen molar-refractivity contribution in [1.82, 2.24) is 0 Å². The molecule has 2 rings (SSSR count). The van der Waals surface area contributed by atoms with E-state index in [2.05, 4.69) is 30.7 Å². The molecule has 1 aliphatic rings. The van der Waals surface area contributed by atoms with Crippen LogP contribution in [-0.4, -0.2) is 11.9 Å². The van der Waals surface area contributed by atoms with Gasteiger partial charge in [0.25, 0.3) is 0 Å². The Hall–Kier alpha value is -1.64. The highest BCUT2D eigenvalue weighted by molar-refractivity contribution is 5.92. The number of carbonyl (C=O) groups is 2. The van der Waals surface area contributed by atoms with Crippen LogP contribution < -0.4 is 0 Å². The van der Waals surface area contributed by atoms with Crippen molar-refractivity contribution in [2.24, 2.45) is 5.92 Å². The number of benzene rings is 1. The Balaban J connectivity index is 2.09. The minimum absolute atomic E-state index is 0.282. The first-order valence-corrected chi connectivity index (χ1v) is 6.39. The summed E-state index contributed by atoms with van der Waals surface area (Å²) in [6.45, 7) is 4.36. The molecule has 0 N–H and O–H groups in total. The van der Waals surface area contributed by atoms with Gasteiger partial charge < -0.3 is 4.74 Å².